The lowest BCUT2D eigenvalue weighted by Crippen LogP contribution is -2.43. The van der Waals surface area contributed by atoms with Gasteiger partial charge >= 0.3 is 5.97 Å². The van der Waals surface area contributed by atoms with Gasteiger partial charge in [0.2, 0.25) is 5.91 Å². The molecule has 0 spiro atoms. The molecule has 0 fully saturated rings. The SMILES string of the molecule is Cc1nocc1CC(=O)N(C)C(CC(C)C)C(=O)O. The number of aliphatic carboxylic acids is 1. The van der Waals surface area contributed by atoms with E-state index >= 15 is 0 Å². The van der Waals surface area contributed by atoms with Gasteiger partial charge in [0, 0.05) is 12.6 Å². The third-order valence-corrected chi connectivity index (χ3v) is 3.03. The molecule has 6 heteroatoms. The molecule has 0 bridgehead atoms. The molecule has 1 N–H and O–H groups in total. The van der Waals surface area contributed by atoms with E-state index < -0.39 is 12.0 Å². The van der Waals surface area contributed by atoms with Crippen molar-refractivity contribution in [3.63, 3.8) is 0 Å². The summed E-state index contributed by atoms with van der Waals surface area (Å²) in [5.74, 6) is -1.03. The fourth-order valence-electron chi connectivity index (χ4n) is 1.82. The maximum atomic E-state index is 12.1. The molecule has 1 rings (SSSR count). The number of carbonyl (C=O) groups excluding carboxylic acids is 1. The molecule has 6 nitrogen and oxygen atoms in total. The Morgan fingerprint density at radius 3 is 2.53 bits per heavy atom. The zero-order chi connectivity index (χ0) is 14.6. The van der Waals surface area contributed by atoms with Crippen LogP contribution < -0.4 is 0 Å². The summed E-state index contributed by atoms with van der Waals surface area (Å²) >= 11 is 0. The standard InChI is InChI=1S/C13H20N2O4/c1-8(2)5-11(13(17)18)15(4)12(16)6-10-7-19-14-9(10)3/h7-8,11H,5-6H2,1-4H3,(H,17,18). The monoisotopic (exact) mass is 268 g/mol. The van der Waals surface area contributed by atoms with Gasteiger partial charge in [0.15, 0.2) is 0 Å². The molecule has 1 aromatic rings. The summed E-state index contributed by atoms with van der Waals surface area (Å²) in [6.45, 7) is 5.60. The van der Waals surface area contributed by atoms with E-state index in [4.69, 9.17) is 4.52 Å². The molecular weight excluding hydrogens is 248 g/mol. The van der Waals surface area contributed by atoms with Crippen molar-refractivity contribution in [3.8, 4) is 0 Å². The van der Waals surface area contributed by atoms with Crippen molar-refractivity contribution in [2.24, 2.45) is 5.92 Å². The molecule has 1 amide bonds. The lowest BCUT2D eigenvalue weighted by Gasteiger charge is -2.26. The minimum absolute atomic E-state index is 0.105. The topological polar surface area (TPSA) is 83.6 Å². The first kappa shape index (κ1) is 15.2. The Bertz CT molecular complexity index is 453. The average Bonchev–Trinajstić information content (AvgIpc) is 2.70. The van der Waals surface area contributed by atoms with E-state index in [0.717, 1.165) is 0 Å². The predicted octanol–water partition coefficient (Wildman–Crippen LogP) is 1.48. The quantitative estimate of drug-likeness (QED) is 0.845. The summed E-state index contributed by atoms with van der Waals surface area (Å²) in [5, 5.41) is 12.9. The molecule has 1 unspecified atom stereocenters. The Morgan fingerprint density at radius 1 is 1.47 bits per heavy atom. The summed E-state index contributed by atoms with van der Waals surface area (Å²) in [6.07, 6.45) is 1.95. The lowest BCUT2D eigenvalue weighted by molar-refractivity contribution is -0.149. The number of likely N-dealkylation sites (N-methyl/N-ethyl adjacent to an activating group) is 1. The van der Waals surface area contributed by atoms with Gasteiger partial charge in [0.1, 0.15) is 12.3 Å². The molecule has 0 saturated heterocycles. The molecule has 1 aromatic heterocycles. The normalized spacial score (nSPS) is 12.5. The first-order valence-electron chi connectivity index (χ1n) is 6.21. The number of carbonyl (C=O) groups is 2. The van der Waals surface area contributed by atoms with E-state index in [1.807, 2.05) is 13.8 Å². The second kappa shape index (κ2) is 6.36. The Kier molecular flexibility index (Phi) is 5.09. The van der Waals surface area contributed by atoms with Crippen LogP contribution in [0, 0.1) is 12.8 Å². The van der Waals surface area contributed by atoms with Crippen molar-refractivity contribution < 1.29 is 19.2 Å². The Morgan fingerprint density at radius 2 is 2.11 bits per heavy atom. The highest BCUT2D eigenvalue weighted by Crippen LogP contribution is 2.13. The molecule has 0 aromatic carbocycles. The lowest BCUT2D eigenvalue weighted by atomic mass is 10.0. The number of carboxylic acid groups (broad SMARTS) is 1. The van der Waals surface area contributed by atoms with Crippen LogP contribution in [0.1, 0.15) is 31.5 Å². The van der Waals surface area contributed by atoms with Crippen LogP contribution in [-0.2, 0) is 16.0 Å². The second-order valence-corrected chi connectivity index (χ2v) is 5.09. The first-order valence-corrected chi connectivity index (χ1v) is 6.21. The van der Waals surface area contributed by atoms with E-state index in [9.17, 15) is 14.7 Å². The van der Waals surface area contributed by atoms with Crippen LogP contribution in [0.4, 0.5) is 0 Å². The number of rotatable bonds is 6. The molecule has 1 heterocycles. The molecule has 0 aliphatic rings. The minimum atomic E-state index is -0.980. The number of carboxylic acids is 1. The highest BCUT2D eigenvalue weighted by molar-refractivity contribution is 5.84. The van der Waals surface area contributed by atoms with Crippen LogP contribution in [0.3, 0.4) is 0 Å². The molecule has 0 radical (unpaired) electrons. The fourth-order valence-corrected chi connectivity index (χ4v) is 1.82. The number of aromatic nitrogens is 1. The van der Waals surface area contributed by atoms with Crippen LogP contribution in [-0.4, -0.2) is 40.1 Å². The van der Waals surface area contributed by atoms with E-state index in [1.54, 1.807) is 6.92 Å². The van der Waals surface area contributed by atoms with Gasteiger partial charge in [0.25, 0.3) is 0 Å². The largest absolute Gasteiger partial charge is 0.480 e. The summed E-state index contributed by atoms with van der Waals surface area (Å²) < 4.78 is 4.76. The van der Waals surface area contributed by atoms with Crippen molar-refractivity contribution in [1.29, 1.82) is 0 Å². The number of hydrogen-bond acceptors (Lipinski definition) is 4. The van der Waals surface area contributed by atoms with E-state index in [2.05, 4.69) is 5.16 Å². The fraction of sp³-hybridized carbons (Fsp3) is 0.615. The maximum Gasteiger partial charge on any atom is 0.326 e. The predicted molar refractivity (Wildman–Crippen MR) is 68.6 cm³/mol. The maximum absolute atomic E-state index is 12.1. The van der Waals surface area contributed by atoms with Crippen molar-refractivity contribution in [2.45, 2.75) is 39.7 Å². The van der Waals surface area contributed by atoms with Crippen LogP contribution >= 0.6 is 0 Å². The molecule has 0 aliphatic carbocycles. The summed E-state index contributed by atoms with van der Waals surface area (Å²) in [5.41, 5.74) is 1.34. The zero-order valence-corrected chi connectivity index (χ0v) is 11.7. The summed E-state index contributed by atoms with van der Waals surface area (Å²) in [7, 11) is 1.52. The first-order chi connectivity index (χ1) is 8.82. The number of amides is 1. The van der Waals surface area contributed by atoms with Gasteiger partial charge in [-0.25, -0.2) is 4.79 Å². The minimum Gasteiger partial charge on any atom is -0.480 e. The van der Waals surface area contributed by atoms with Crippen molar-refractivity contribution in [3.05, 3.63) is 17.5 Å². The third-order valence-electron chi connectivity index (χ3n) is 3.03. The third kappa shape index (κ3) is 4.08. The van der Waals surface area contributed by atoms with E-state index in [-0.39, 0.29) is 18.2 Å². The highest BCUT2D eigenvalue weighted by Gasteiger charge is 2.27. The molecule has 106 valence electrons. The summed E-state index contributed by atoms with van der Waals surface area (Å²) in [6, 6.07) is -0.798. The summed E-state index contributed by atoms with van der Waals surface area (Å²) in [4.78, 5) is 24.6. The molecular formula is C13H20N2O4. The number of nitrogens with zero attached hydrogens (tertiary/aromatic N) is 2. The Hall–Kier alpha value is -1.85. The van der Waals surface area contributed by atoms with Crippen LogP contribution in [0.25, 0.3) is 0 Å². The van der Waals surface area contributed by atoms with Gasteiger partial charge in [-0.05, 0) is 19.3 Å². The average molecular weight is 268 g/mol. The van der Waals surface area contributed by atoms with Gasteiger partial charge in [-0.2, -0.15) is 0 Å². The number of aryl methyl sites for hydroxylation is 1. The zero-order valence-electron chi connectivity index (χ0n) is 11.7. The smallest absolute Gasteiger partial charge is 0.326 e. The molecule has 1 atom stereocenters. The van der Waals surface area contributed by atoms with Gasteiger partial charge in [0.05, 0.1) is 12.1 Å². The number of hydrogen-bond donors (Lipinski definition) is 1. The Labute approximate surface area is 112 Å². The van der Waals surface area contributed by atoms with Crippen molar-refractivity contribution in [1.82, 2.24) is 10.1 Å². The molecule has 19 heavy (non-hydrogen) atoms. The van der Waals surface area contributed by atoms with Crippen molar-refractivity contribution in [2.75, 3.05) is 7.05 Å². The van der Waals surface area contributed by atoms with Gasteiger partial charge < -0.3 is 14.5 Å². The van der Waals surface area contributed by atoms with E-state index in [1.165, 1.54) is 18.2 Å². The van der Waals surface area contributed by atoms with Gasteiger partial charge in [-0.1, -0.05) is 19.0 Å². The van der Waals surface area contributed by atoms with Crippen LogP contribution in [0.2, 0.25) is 0 Å². The van der Waals surface area contributed by atoms with Crippen LogP contribution in [0.15, 0.2) is 10.8 Å². The highest BCUT2D eigenvalue weighted by atomic mass is 16.5. The molecule has 0 aliphatic heterocycles. The van der Waals surface area contributed by atoms with Gasteiger partial charge in [-0.15, -0.1) is 0 Å². The van der Waals surface area contributed by atoms with E-state index in [0.29, 0.717) is 17.7 Å². The second-order valence-electron chi connectivity index (χ2n) is 5.09. The Balaban J connectivity index is 2.74. The van der Waals surface area contributed by atoms with Crippen LogP contribution in [0.5, 0.6) is 0 Å². The molecule has 0 saturated carbocycles. The van der Waals surface area contributed by atoms with Crippen molar-refractivity contribution >= 4 is 11.9 Å². The van der Waals surface area contributed by atoms with Gasteiger partial charge in [-0.3, -0.25) is 4.79 Å².